The number of anilines is 3. The monoisotopic (exact) mass is 1010 g/mol. The number of rotatable bonds is 29. The fourth-order valence-corrected chi connectivity index (χ4v) is 9.80. The summed E-state index contributed by atoms with van der Waals surface area (Å²) < 4.78 is 18.1. The summed E-state index contributed by atoms with van der Waals surface area (Å²) in [6.45, 7) is 3.78. The van der Waals surface area contributed by atoms with Crippen molar-refractivity contribution in [3.63, 3.8) is 0 Å². The number of nitrogens with one attached hydrogen (secondary N) is 7. The molecule has 7 N–H and O–H groups in total. The molecule has 3 atom stereocenters. The zero-order valence-electron chi connectivity index (χ0n) is 38.5. The number of hydrogen-bond acceptors (Lipinski definition) is 13. The molecule has 4 aromatic rings. The predicted octanol–water partition coefficient (Wildman–Crippen LogP) is 5.06. The van der Waals surface area contributed by atoms with Crippen LogP contribution in [0.5, 0.6) is 0 Å². The van der Waals surface area contributed by atoms with E-state index in [9.17, 15) is 28.8 Å². The second-order valence-corrected chi connectivity index (χ2v) is 18.5. The Morgan fingerprint density at radius 1 is 0.739 bits per heavy atom. The average molecular weight is 1010 g/mol. The topological polar surface area (TPSA) is 245 Å². The van der Waals surface area contributed by atoms with Gasteiger partial charge >= 0.3 is 6.03 Å². The molecule has 2 aliphatic rings. The predicted molar refractivity (Wildman–Crippen MR) is 267 cm³/mol. The van der Waals surface area contributed by atoms with Crippen LogP contribution in [-0.2, 0) is 40.4 Å². The van der Waals surface area contributed by atoms with Crippen LogP contribution in [0.25, 0.3) is 22.2 Å². The van der Waals surface area contributed by atoms with Crippen LogP contribution < -0.4 is 42.8 Å². The number of hydrogen-bond donors (Lipinski definition) is 7. The van der Waals surface area contributed by atoms with Crippen molar-refractivity contribution >= 4 is 93.0 Å². The number of urea groups is 1. The molecule has 0 radical (unpaired) electrons. The van der Waals surface area contributed by atoms with E-state index in [2.05, 4.69) is 47.2 Å². The van der Waals surface area contributed by atoms with Crippen molar-refractivity contribution < 1.29 is 38.2 Å². The fourth-order valence-electron chi connectivity index (χ4n) is 7.66. The summed E-state index contributed by atoms with van der Waals surface area (Å²) in [5.41, 5.74) is 2.06. The second kappa shape index (κ2) is 27.6. The molecule has 2 aromatic carbocycles. The molecule has 4 heterocycles. The highest BCUT2D eigenvalue weighted by Gasteiger charge is 2.42. The molecule has 2 saturated heterocycles. The summed E-state index contributed by atoms with van der Waals surface area (Å²) in [6, 6.07) is 14.0. The minimum atomic E-state index is -0.330. The van der Waals surface area contributed by atoms with Gasteiger partial charge in [0.25, 0.3) is 5.56 Å². The molecule has 6 rings (SSSR count). The summed E-state index contributed by atoms with van der Waals surface area (Å²) in [5, 5.41) is 22.0. The number of aryl methyl sites for hydroxylation is 1. The number of nitrogens with zero attached hydrogens (tertiary/aromatic N) is 3. The van der Waals surface area contributed by atoms with Gasteiger partial charge in [0.1, 0.15) is 5.65 Å². The van der Waals surface area contributed by atoms with E-state index in [4.69, 9.17) is 37.4 Å². The Balaban J connectivity index is 0.712. The maximum Gasteiger partial charge on any atom is 0.315 e. The van der Waals surface area contributed by atoms with Gasteiger partial charge in [0, 0.05) is 105 Å². The molecule has 0 spiro atoms. The molecule has 0 aliphatic carbocycles. The Morgan fingerprint density at radius 3 is 2.01 bits per heavy atom. The molecule has 6 amide bonds. The molecule has 0 unspecified atom stereocenters. The van der Waals surface area contributed by atoms with E-state index in [0.717, 1.165) is 31.4 Å². The third-order valence-electron chi connectivity index (χ3n) is 11.3. The third kappa shape index (κ3) is 16.9. The van der Waals surface area contributed by atoms with Crippen molar-refractivity contribution in [2.75, 3.05) is 75.7 Å². The molecule has 0 saturated carbocycles. The highest BCUT2D eigenvalue weighted by Crippen LogP contribution is 2.35. The van der Waals surface area contributed by atoms with E-state index in [1.807, 2.05) is 11.8 Å². The number of unbranched alkanes of at least 4 members (excludes halogenated alkanes) is 1. The minimum absolute atomic E-state index is 0.00414. The number of aromatic nitrogens is 3. The lowest BCUT2D eigenvalue weighted by molar-refractivity contribution is -0.126. The Kier molecular flexibility index (Phi) is 21.2. The first-order chi connectivity index (χ1) is 33.4. The first kappa shape index (κ1) is 52.9. The van der Waals surface area contributed by atoms with Gasteiger partial charge in [-0.3, -0.25) is 28.5 Å². The minimum Gasteiger partial charge on any atom is -0.379 e. The van der Waals surface area contributed by atoms with Gasteiger partial charge in [-0.15, -0.1) is 0 Å². The fraction of sp³-hybridized carbons (Fsp3) is 0.489. The van der Waals surface area contributed by atoms with Crippen molar-refractivity contribution in [3.8, 4) is 11.1 Å². The summed E-state index contributed by atoms with van der Waals surface area (Å²) in [4.78, 5) is 82.8. The largest absolute Gasteiger partial charge is 0.379 e. The average Bonchev–Trinajstić information content (AvgIpc) is 3.89. The smallest absolute Gasteiger partial charge is 0.315 e. The van der Waals surface area contributed by atoms with Gasteiger partial charge in [-0.25, -0.2) is 9.78 Å². The maximum atomic E-state index is 13.3. The molecule has 2 fully saturated rings. The molecule has 22 heteroatoms. The summed E-state index contributed by atoms with van der Waals surface area (Å²) >= 11 is 14.6. The van der Waals surface area contributed by atoms with Crippen LogP contribution in [0.3, 0.4) is 0 Å². The lowest BCUT2D eigenvalue weighted by Crippen LogP contribution is -2.36. The summed E-state index contributed by atoms with van der Waals surface area (Å²) in [6.07, 6.45) is 6.28. The van der Waals surface area contributed by atoms with Crippen molar-refractivity contribution in [2.24, 2.45) is 7.05 Å². The van der Waals surface area contributed by atoms with Crippen LogP contribution in [0, 0.1) is 0 Å². The van der Waals surface area contributed by atoms with E-state index in [-0.39, 0.29) is 79.1 Å². The number of fused-ring (bicyclic) bond motifs is 2. The Bertz CT molecular complexity index is 2430. The quantitative estimate of drug-likeness (QED) is 0.0278. The number of benzene rings is 2. The normalized spacial score (nSPS) is 16.1. The SMILES string of the molecule is Cn1c(=O)c(-c2c(Cl)cccc2Cl)cc2cnc(Nc3ccc(NC(=O)CCNC(=O)CCC(=O)NCCCOCCOCCOCCCNC(=O)CCCC[C@H]4SC[C@H]5NC(=O)N[C@H]54)cc3)nc21. The van der Waals surface area contributed by atoms with E-state index < -0.39 is 0 Å². The van der Waals surface area contributed by atoms with Gasteiger partial charge in [-0.2, -0.15) is 16.7 Å². The van der Waals surface area contributed by atoms with Crippen LogP contribution in [0.15, 0.2) is 59.5 Å². The van der Waals surface area contributed by atoms with Gasteiger partial charge in [0.2, 0.25) is 29.6 Å². The number of pyridine rings is 1. The van der Waals surface area contributed by atoms with Gasteiger partial charge in [0.15, 0.2) is 0 Å². The molecule has 0 bridgehead atoms. The number of thioether (sulfide) groups is 1. The lowest BCUT2D eigenvalue weighted by Gasteiger charge is -2.16. The van der Waals surface area contributed by atoms with E-state index in [1.165, 1.54) is 4.57 Å². The zero-order chi connectivity index (χ0) is 49.0. The highest BCUT2D eigenvalue weighted by atomic mass is 35.5. The zero-order valence-corrected chi connectivity index (χ0v) is 40.9. The van der Waals surface area contributed by atoms with Crippen LogP contribution in [-0.4, -0.2) is 127 Å². The Morgan fingerprint density at radius 2 is 1.35 bits per heavy atom. The molecule has 69 heavy (non-hydrogen) atoms. The molecular weight excluding hydrogens is 952 g/mol. The number of carbonyl (C=O) groups excluding carboxylic acids is 5. The van der Waals surface area contributed by atoms with Crippen molar-refractivity contribution in [1.29, 1.82) is 0 Å². The lowest BCUT2D eigenvalue weighted by atomic mass is 10.0. The molecule has 372 valence electrons. The van der Waals surface area contributed by atoms with Crippen molar-refractivity contribution in [2.45, 2.75) is 75.1 Å². The maximum absolute atomic E-state index is 13.3. The number of ether oxygens (including phenoxy) is 3. The number of amides is 6. The summed E-state index contributed by atoms with van der Waals surface area (Å²) in [5.74, 6) is 0.382. The number of halogens is 2. The van der Waals surface area contributed by atoms with Gasteiger partial charge in [0.05, 0.1) is 54.1 Å². The number of carbonyl (C=O) groups is 5. The van der Waals surface area contributed by atoms with Crippen LogP contribution >= 0.6 is 35.0 Å². The van der Waals surface area contributed by atoms with Crippen LogP contribution in [0.1, 0.15) is 57.8 Å². The van der Waals surface area contributed by atoms with Crippen molar-refractivity contribution in [3.05, 3.63) is 75.1 Å². The van der Waals surface area contributed by atoms with Gasteiger partial charge < -0.3 is 51.4 Å². The highest BCUT2D eigenvalue weighted by molar-refractivity contribution is 8.00. The van der Waals surface area contributed by atoms with Crippen LogP contribution in [0.4, 0.5) is 22.1 Å². The van der Waals surface area contributed by atoms with Gasteiger partial charge in [-0.05, 0) is 68.1 Å². The standard InChI is InChI=1S/C47H60Cl2N10O9S/c1-59-44-30(27-33(45(59)64)42-34(48)7-4-8-35(42)49)28-53-46(58-44)55-32-13-11-31(12-14-32)54-41(63)17-20-52-40(62)16-15-39(61)51-19-6-22-67-24-26-68-25-23-66-21-5-18-50-38(60)10-3-2-9-37-43-36(29-69-37)56-47(65)57-43/h4,7-8,11-14,27-28,36-37,43H,2-3,5-6,9-10,15-26,29H2,1H3,(H,50,60)(H,51,61)(H,52,62)(H,54,63)(H,53,55,58)(H2,56,57,65)/t36-,37-,43-/m1/s1. The van der Waals surface area contributed by atoms with E-state index in [1.54, 1.807) is 61.8 Å². The van der Waals surface area contributed by atoms with E-state index in [0.29, 0.717) is 114 Å². The molecular formula is C47H60Cl2N10O9S. The summed E-state index contributed by atoms with van der Waals surface area (Å²) in [7, 11) is 1.61. The van der Waals surface area contributed by atoms with Gasteiger partial charge in [-0.1, -0.05) is 35.7 Å². The van der Waals surface area contributed by atoms with E-state index >= 15 is 0 Å². The molecule has 2 aromatic heterocycles. The molecule has 19 nitrogen and oxygen atoms in total. The van der Waals surface area contributed by atoms with Crippen molar-refractivity contribution in [1.82, 2.24) is 41.1 Å². The van der Waals surface area contributed by atoms with Crippen LogP contribution in [0.2, 0.25) is 10.0 Å². The first-order valence-electron chi connectivity index (χ1n) is 23.1. The second-order valence-electron chi connectivity index (χ2n) is 16.5. The third-order valence-corrected chi connectivity index (χ3v) is 13.4. The Hall–Kier alpha value is -5.51. The Labute approximate surface area is 414 Å². The molecule has 2 aliphatic heterocycles. The first-order valence-corrected chi connectivity index (χ1v) is 25.0.